The maximum atomic E-state index is 13.7. The van der Waals surface area contributed by atoms with Crippen LogP contribution in [0.15, 0.2) is 4.79 Å². The summed E-state index contributed by atoms with van der Waals surface area (Å²) in [5, 5.41) is 15.9. The van der Waals surface area contributed by atoms with E-state index < -0.39 is 44.5 Å². The molecule has 20 heavy (non-hydrogen) atoms. The molecule has 0 spiro atoms. The predicted molar refractivity (Wildman–Crippen MR) is 58.1 cm³/mol. The van der Waals surface area contributed by atoms with Crippen LogP contribution in [-0.2, 0) is 7.05 Å². The van der Waals surface area contributed by atoms with Gasteiger partial charge in [-0.2, -0.15) is 13.8 Å². The van der Waals surface area contributed by atoms with Crippen molar-refractivity contribution in [1.29, 1.82) is 0 Å². The van der Waals surface area contributed by atoms with E-state index in [-0.39, 0.29) is 4.68 Å². The van der Waals surface area contributed by atoms with Gasteiger partial charge in [0.2, 0.25) is 11.6 Å². The number of aromatic nitrogens is 4. The van der Waals surface area contributed by atoms with E-state index in [2.05, 4.69) is 10.4 Å². The Balaban J connectivity index is 2.94. The lowest BCUT2D eigenvalue weighted by molar-refractivity contribution is -0.387. The van der Waals surface area contributed by atoms with Crippen molar-refractivity contribution in [3.63, 3.8) is 0 Å². The van der Waals surface area contributed by atoms with Gasteiger partial charge in [-0.25, -0.2) is 13.6 Å². The van der Waals surface area contributed by atoms with Gasteiger partial charge in [0.25, 0.3) is 0 Å². The highest BCUT2D eigenvalue weighted by molar-refractivity contribution is 6.34. The Morgan fingerprint density at radius 1 is 1.20 bits per heavy atom. The van der Waals surface area contributed by atoms with Crippen LogP contribution in [0, 0.1) is 27.6 Å². The largest absolute Gasteiger partial charge is 0.368 e. The van der Waals surface area contributed by atoms with Crippen molar-refractivity contribution in [3.8, 4) is 5.69 Å². The molecule has 0 unspecified atom stereocenters. The molecule has 0 fully saturated rings. The summed E-state index contributed by atoms with van der Waals surface area (Å²) in [4.78, 5) is 20.8. The Morgan fingerprint density at radius 3 is 2.25 bits per heavy atom. The molecule has 0 saturated heterocycles. The van der Waals surface area contributed by atoms with Gasteiger partial charge in [-0.1, -0.05) is 11.6 Å². The summed E-state index contributed by atoms with van der Waals surface area (Å²) in [5.74, 6) is -6.10. The summed E-state index contributed by atoms with van der Waals surface area (Å²) in [6.45, 7) is 0. The first-order valence-corrected chi connectivity index (χ1v) is 5.14. The van der Waals surface area contributed by atoms with Gasteiger partial charge in [0, 0.05) is 7.05 Å². The maximum Gasteiger partial charge on any atom is 0.368 e. The van der Waals surface area contributed by atoms with E-state index >= 15 is 0 Å². The van der Waals surface area contributed by atoms with Gasteiger partial charge in [-0.15, -0.1) is 0 Å². The molecule has 12 heteroatoms. The van der Waals surface area contributed by atoms with Crippen LogP contribution in [0.3, 0.4) is 0 Å². The second kappa shape index (κ2) is 4.59. The van der Waals surface area contributed by atoms with Gasteiger partial charge < -0.3 is 0 Å². The minimum absolute atomic E-state index is 0.188. The number of nitro benzene ring substituents is 1. The molecule has 0 bridgehead atoms. The third-order valence-electron chi connectivity index (χ3n) is 2.33. The first-order chi connectivity index (χ1) is 9.27. The van der Waals surface area contributed by atoms with E-state index in [1.807, 2.05) is 0 Å². The number of hydrogen-bond donors (Lipinski definition) is 0. The molecule has 0 aliphatic rings. The highest BCUT2D eigenvalue weighted by atomic mass is 35.5. The quantitative estimate of drug-likeness (QED) is 0.356. The van der Waals surface area contributed by atoms with Gasteiger partial charge in [0.05, 0.1) is 4.92 Å². The number of tetrazole rings is 1. The van der Waals surface area contributed by atoms with Crippen LogP contribution in [-0.4, -0.2) is 24.7 Å². The molecule has 106 valence electrons. The molecular weight excluding hydrogens is 307 g/mol. The number of benzene rings is 1. The smallest absolute Gasteiger partial charge is 0.258 e. The average molecular weight is 310 g/mol. The second-order valence-electron chi connectivity index (χ2n) is 3.51. The molecule has 0 saturated carbocycles. The number of nitrogens with zero attached hydrogens (tertiary/aromatic N) is 5. The van der Waals surface area contributed by atoms with Gasteiger partial charge in [-0.3, -0.25) is 10.1 Å². The third kappa shape index (κ3) is 1.82. The number of halogens is 4. The molecule has 0 aliphatic heterocycles. The van der Waals surface area contributed by atoms with Crippen LogP contribution in [0.25, 0.3) is 5.69 Å². The standard InChI is InChI=1S/C8H3ClF3N5O3/c1-15-8(18)16(14-13-15)6-2(9)7(17(19)20)5(12)3(10)4(6)11/h1H3. The molecule has 1 heterocycles. The van der Waals surface area contributed by atoms with Crippen molar-refractivity contribution in [2.45, 2.75) is 0 Å². The first kappa shape index (κ1) is 14.0. The predicted octanol–water partition coefficient (Wildman–Crippen LogP) is 0.945. The highest BCUT2D eigenvalue weighted by Crippen LogP contribution is 2.36. The summed E-state index contributed by atoms with van der Waals surface area (Å²) in [6.07, 6.45) is 0. The van der Waals surface area contributed by atoms with Crippen LogP contribution < -0.4 is 5.69 Å². The third-order valence-corrected chi connectivity index (χ3v) is 2.69. The molecule has 1 aromatic heterocycles. The number of aryl methyl sites for hydroxylation is 1. The lowest BCUT2D eigenvalue weighted by Gasteiger charge is -2.06. The fourth-order valence-electron chi connectivity index (χ4n) is 1.41. The number of rotatable bonds is 2. The lowest BCUT2D eigenvalue weighted by atomic mass is 10.2. The summed E-state index contributed by atoms with van der Waals surface area (Å²) >= 11 is 5.48. The van der Waals surface area contributed by atoms with Crippen molar-refractivity contribution in [2.75, 3.05) is 0 Å². The van der Waals surface area contributed by atoms with Gasteiger partial charge in [0.1, 0.15) is 5.69 Å². The van der Waals surface area contributed by atoms with Gasteiger partial charge in [-0.05, 0) is 10.4 Å². The minimum Gasteiger partial charge on any atom is -0.258 e. The summed E-state index contributed by atoms with van der Waals surface area (Å²) in [7, 11) is 1.14. The molecule has 0 N–H and O–H groups in total. The Kier molecular flexibility index (Phi) is 3.21. The highest BCUT2D eigenvalue weighted by Gasteiger charge is 2.33. The first-order valence-electron chi connectivity index (χ1n) is 4.77. The molecular formula is C8H3ClF3N5O3. The number of hydrogen-bond acceptors (Lipinski definition) is 5. The van der Waals surface area contributed by atoms with E-state index in [0.29, 0.717) is 4.68 Å². The van der Waals surface area contributed by atoms with E-state index in [1.165, 1.54) is 0 Å². The Hall–Kier alpha value is -2.43. The zero-order chi connectivity index (χ0) is 15.2. The molecule has 0 amide bonds. The van der Waals surface area contributed by atoms with Crippen molar-refractivity contribution in [1.82, 2.24) is 19.8 Å². The molecule has 0 radical (unpaired) electrons. The normalized spacial score (nSPS) is 10.8. The van der Waals surface area contributed by atoms with Gasteiger partial charge in [0.15, 0.2) is 10.8 Å². The monoisotopic (exact) mass is 309 g/mol. The fraction of sp³-hybridized carbons (Fsp3) is 0.125. The van der Waals surface area contributed by atoms with Crippen LogP contribution in [0.4, 0.5) is 18.9 Å². The fourth-order valence-corrected chi connectivity index (χ4v) is 1.72. The molecule has 0 atom stereocenters. The summed E-state index contributed by atoms with van der Waals surface area (Å²) in [5.41, 5.74) is -3.64. The maximum absolute atomic E-state index is 13.7. The Morgan fingerprint density at radius 2 is 1.80 bits per heavy atom. The second-order valence-corrected chi connectivity index (χ2v) is 3.89. The zero-order valence-electron chi connectivity index (χ0n) is 9.47. The van der Waals surface area contributed by atoms with Crippen LogP contribution in [0.2, 0.25) is 5.02 Å². The SMILES string of the molecule is Cn1nnn(-c2c(F)c(F)c(F)c([N+](=O)[O-])c2Cl)c1=O. The zero-order valence-corrected chi connectivity index (χ0v) is 10.2. The molecule has 1 aromatic carbocycles. The lowest BCUT2D eigenvalue weighted by Crippen LogP contribution is -2.24. The number of nitro groups is 1. The Bertz CT molecular complexity index is 787. The van der Waals surface area contributed by atoms with E-state index in [1.54, 1.807) is 0 Å². The van der Waals surface area contributed by atoms with Crippen LogP contribution in [0.1, 0.15) is 0 Å². The van der Waals surface area contributed by atoms with E-state index in [4.69, 9.17) is 11.6 Å². The van der Waals surface area contributed by atoms with Crippen LogP contribution in [0.5, 0.6) is 0 Å². The van der Waals surface area contributed by atoms with Crippen molar-refractivity contribution >= 4 is 17.3 Å². The van der Waals surface area contributed by atoms with Crippen molar-refractivity contribution < 1.29 is 18.1 Å². The molecule has 0 aliphatic carbocycles. The van der Waals surface area contributed by atoms with Crippen LogP contribution >= 0.6 is 11.6 Å². The molecule has 8 nitrogen and oxygen atoms in total. The Labute approximate surface area is 112 Å². The van der Waals surface area contributed by atoms with Crippen molar-refractivity contribution in [3.05, 3.63) is 43.1 Å². The minimum atomic E-state index is -2.14. The summed E-state index contributed by atoms with van der Waals surface area (Å²) in [6, 6.07) is 0. The summed E-state index contributed by atoms with van der Waals surface area (Å²) < 4.78 is 41.2. The average Bonchev–Trinajstić information content (AvgIpc) is 2.68. The molecule has 2 aromatic rings. The topological polar surface area (TPSA) is 95.8 Å². The van der Waals surface area contributed by atoms with E-state index in [9.17, 15) is 28.1 Å². The van der Waals surface area contributed by atoms with Gasteiger partial charge >= 0.3 is 11.4 Å². The van der Waals surface area contributed by atoms with Crippen molar-refractivity contribution in [2.24, 2.45) is 7.05 Å². The van der Waals surface area contributed by atoms with E-state index in [0.717, 1.165) is 7.05 Å². The molecule has 2 rings (SSSR count).